The molecule has 4 saturated heterocycles. The van der Waals surface area contributed by atoms with Gasteiger partial charge in [-0.2, -0.15) is 14.3 Å². The summed E-state index contributed by atoms with van der Waals surface area (Å²) in [6, 6.07) is 6.87. The normalized spacial score (nSPS) is 24.5. The van der Waals surface area contributed by atoms with Gasteiger partial charge in [-0.3, -0.25) is 9.80 Å². The number of nitrogens with one attached hydrogen (secondary N) is 2. The standard InChI is InChI=1S/C29H40FN11O2/c1-29(2)15-20(13-21-5-4-8-40(21)29)32-26-23(30)16-31-27(34-26)33-19-6-7-24(25(14-19)41-28(42)37(3)35-36-41)39-11-9-38(10-12-39)22-17-43-18-22/h6-7,14,16,20-22H,4-5,8-13,15,17-18H2,1-3H3,(H2,31,32,33,34)/t20-,21+/m1/s1. The van der Waals surface area contributed by atoms with Crippen LogP contribution in [0.1, 0.15) is 39.5 Å². The van der Waals surface area contributed by atoms with E-state index in [4.69, 9.17) is 4.74 Å². The number of benzene rings is 1. The number of nitrogens with zero attached hydrogens (tertiary/aromatic N) is 9. The molecule has 1 aromatic carbocycles. The minimum Gasteiger partial charge on any atom is -0.378 e. The Morgan fingerprint density at radius 1 is 1.05 bits per heavy atom. The average molecular weight is 594 g/mol. The van der Waals surface area contributed by atoms with Gasteiger partial charge in [0.25, 0.3) is 0 Å². The first kappa shape index (κ1) is 28.2. The molecule has 0 saturated carbocycles. The molecule has 2 aromatic heterocycles. The van der Waals surface area contributed by atoms with Gasteiger partial charge < -0.3 is 20.3 Å². The summed E-state index contributed by atoms with van der Waals surface area (Å²) >= 11 is 0. The van der Waals surface area contributed by atoms with Crippen LogP contribution < -0.4 is 21.2 Å². The highest BCUT2D eigenvalue weighted by Crippen LogP contribution is 2.38. The Bertz CT molecular complexity index is 1530. The van der Waals surface area contributed by atoms with Crippen LogP contribution in [0, 0.1) is 5.82 Å². The highest BCUT2D eigenvalue weighted by molar-refractivity contribution is 5.70. The number of aryl methyl sites for hydroxylation is 1. The largest absolute Gasteiger partial charge is 0.378 e. The van der Waals surface area contributed by atoms with E-state index < -0.39 is 5.82 Å². The minimum absolute atomic E-state index is 0.0521. The number of piperidine rings is 1. The van der Waals surface area contributed by atoms with Crippen molar-refractivity contribution in [3.05, 3.63) is 40.7 Å². The van der Waals surface area contributed by atoms with Crippen LogP contribution in [0.2, 0.25) is 0 Å². The smallest absolute Gasteiger partial charge is 0.368 e. The summed E-state index contributed by atoms with van der Waals surface area (Å²) in [6.45, 7) is 10.7. The number of ether oxygens (including phenoxy) is 1. The molecule has 4 fully saturated rings. The maximum absolute atomic E-state index is 14.9. The van der Waals surface area contributed by atoms with Crippen LogP contribution in [-0.2, 0) is 11.8 Å². The van der Waals surface area contributed by atoms with Crippen molar-refractivity contribution in [3.8, 4) is 5.69 Å². The van der Waals surface area contributed by atoms with E-state index in [-0.39, 0.29) is 29.0 Å². The monoisotopic (exact) mass is 593 g/mol. The zero-order valence-corrected chi connectivity index (χ0v) is 25.0. The number of hydrogen-bond donors (Lipinski definition) is 2. The summed E-state index contributed by atoms with van der Waals surface area (Å²) in [4.78, 5) is 29.0. The van der Waals surface area contributed by atoms with Crippen molar-refractivity contribution in [3.63, 3.8) is 0 Å². The maximum atomic E-state index is 14.9. The van der Waals surface area contributed by atoms with Crippen LogP contribution in [0.25, 0.3) is 5.69 Å². The molecule has 0 unspecified atom stereocenters. The Morgan fingerprint density at radius 3 is 2.58 bits per heavy atom. The zero-order valence-electron chi connectivity index (χ0n) is 25.0. The summed E-state index contributed by atoms with van der Waals surface area (Å²) in [5.74, 6) is -0.0172. The number of tetrazole rings is 1. The molecule has 4 aliphatic rings. The van der Waals surface area contributed by atoms with Gasteiger partial charge in [-0.1, -0.05) is 0 Å². The van der Waals surface area contributed by atoms with Gasteiger partial charge in [0, 0.05) is 56.5 Å². The first-order valence-electron chi connectivity index (χ1n) is 15.3. The Labute approximate surface area is 250 Å². The quantitative estimate of drug-likeness (QED) is 0.418. The third kappa shape index (κ3) is 5.47. The summed E-state index contributed by atoms with van der Waals surface area (Å²) in [5.41, 5.74) is 1.86. The Kier molecular flexibility index (Phi) is 7.30. The van der Waals surface area contributed by atoms with Crippen molar-refractivity contribution in [1.82, 2.24) is 39.6 Å². The maximum Gasteiger partial charge on any atom is 0.368 e. The number of aromatic nitrogens is 6. The van der Waals surface area contributed by atoms with Gasteiger partial charge in [0.1, 0.15) is 0 Å². The van der Waals surface area contributed by atoms with E-state index in [1.165, 1.54) is 28.4 Å². The van der Waals surface area contributed by atoms with Gasteiger partial charge in [0.05, 0.1) is 36.8 Å². The Balaban J connectivity index is 1.12. The molecule has 13 nitrogen and oxygen atoms in total. The Morgan fingerprint density at radius 2 is 1.86 bits per heavy atom. The number of hydrogen-bond acceptors (Lipinski definition) is 11. The molecule has 7 rings (SSSR count). The lowest BCUT2D eigenvalue weighted by Gasteiger charge is -2.47. The molecular formula is C29H40FN11O2. The highest BCUT2D eigenvalue weighted by Gasteiger charge is 2.43. The van der Waals surface area contributed by atoms with Crippen molar-refractivity contribution >= 4 is 23.1 Å². The number of fused-ring (bicyclic) bond motifs is 1. The van der Waals surface area contributed by atoms with Crippen molar-refractivity contribution in [2.75, 3.05) is 61.5 Å². The van der Waals surface area contributed by atoms with Crippen LogP contribution in [0.15, 0.2) is 29.2 Å². The predicted octanol–water partition coefficient (Wildman–Crippen LogP) is 1.98. The zero-order chi connectivity index (χ0) is 29.7. The second kappa shape index (κ2) is 11.1. The lowest BCUT2D eigenvalue weighted by molar-refractivity contribution is -0.0660. The number of piperazine rings is 1. The first-order chi connectivity index (χ1) is 20.7. The molecule has 43 heavy (non-hydrogen) atoms. The summed E-state index contributed by atoms with van der Waals surface area (Å²) in [5, 5.41) is 14.7. The molecule has 0 amide bonds. The van der Waals surface area contributed by atoms with Crippen molar-refractivity contribution < 1.29 is 9.13 Å². The first-order valence-corrected chi connectivity index (χ1v) is 15.3. The van der Waals surface area contributed by atoms with Crippen molar-refractivity contribution in [2.24, 2.45) is 7.05 Å². The van der Waals surface area contributed by atoms with Crippen LogP contribution in [0.4, 0.5) is 27.5 Å². The fourth-order valence-corrected chi connectivity index (χ4v) is 7.24. The summed E-state index contributed by atoms with van der Waals surface area (Å²) < 4.78 is 22.8. The second-order valence-corrected chi connectivity index (χ2v) is 12.8. The SMILES string of the molecule is Cn1nnn(-c2cc(Nc3ncc(F)c(N[C@@H]4C[C@@H]5CCCN5C(C)(C)C4)n3)ccc2N2CCN(C3COC3)CC2)c1=O. The van der Waals surface area contributed by atoms with Crippen molar-refractivity contribution in [1.29, 1.82) is 0 Å². The molecule has 230 valence electrons. The van der Waals surface area contributed by atoms with Gasteiger partial charge in [0.2, 0.25) is 5.95 Å². The minimum atomic E-state index is -0.480. The molecule has 14 heteroatoms. The van der Waals surface area contributed by atoms with Crippen LogP contribution in [0.3, 0.4) is 0 Å². The molecule has 0 spiro atoms. The fraction of sp³-hybridized carbons (Fsp3) is 0.621. The van der Waals surface area contributed by atoms with Gasteiger partial charge in [-0.15, -0.1) is 0 Å². The van der Waals surface area contributed by atoms with Crippen LogP contribution >= 0.6 is 0 Å². The van der Waals surface area contributed by atoms with E-state index in [1.54, 1.807) is 7.05 Å². The lowest BCUT2D eigenvalue weighted by atomic mass is 9.84. The van der Waals surface area contributed by atoms with E-state index >= 15 is 0 Å². The molecule has 0 bridgehead atoms. The van der Waals surface area contributed by atoms with E-state index in [0.717, 1.165) is 64.5 Å². The molecule has 2 N–H and O–H groups in total. The summed E-state index contributed by atoms with van der Waals surface area (Å²) in [6.07, 6.45) is 5.47. The average Bonchev–Trinajstić information content (AvgIpc) is 3.57. The van der Waals surface area contributed by atoms with E-state index in [9.17, 15) is 9.18 Å². The molecule has 0 aliphatic carbocycles. The lowest BCUT2D eigenvalue weighted by Crippen LogP contribution is -2.56. The van der Waals surface area contributed by atoms with Gasteiger partial charge in [-0.05, 0) is 74.7 Å². The highest BCUT2D eigenvalue weighted by atomic mass is 19.1. The molecule has 4 aliphatic heterocycles. The third-order valence-corrected chi connectivity index (χ3v) is 9.52. The number of rotatable bonds is 7. The van der Waals surface area contributed by atoms with E-state index in [2.05, 4.69) is 59.6 Å². The third-order valence-electron chi connectivity index (χ3n) is 9.52. The number of halogens is 1. The molecular weight excluding hydrogens is 553 g/mol. The molecule has 2 atom stereocenters. The fourth-order valence-electron chi connectivity index (χ4n) is 7.24. The second-order valence-electron chi connectivity index (χ2n) is 12.8. The molecule has 6 heterocycles. The number of anilines is 4. The van der Waals surface area contributed by atoms with Gasteiger partial charge >= 0.3 is 5.69 Å². The predicted molar refractivity (Wildman–Crippen MR) is 161 cm³/mol. The topological polar surface area (TPSA) is 122 Å². The Hall–Kier alpha value is -3.62. The molecule has 3 aromatic rings. The summed E-state index contributed by atoms with van der Waals surface area (Å²) in [7, 11) is 1.58. The van der Waals surface area contributed by atoms with Crippen LogP contribution in [0.5, 0.6) is 0 Å². The van der Waals surface area contributed by atoms with Crippen molar-refractivity contribution in [2.45, 2.75) is 63.2 Å². The van der Waals surface area contributed by atoms with E-state index in [1.807, 2.05) is 18.2 Å². The van der Waals surface area contributed by atoms with E-state index in [0.29, 0.717) is 23.5 Å². The molecule has 0 radical (unpaired) electrons. The van der Waals surface area contributed by atoms with Crippen LogP contribution in [-0.4, -0.2) is 109 Å². The van der Waals surface area contributed by atoms with Gasteiger partial charge in [0.15, 0.2) is 11.6 Å². The van der Waals surface area contributed by atoms with Gasteiger partial charge in [-0.25, -0.2) is 14.2 Å².